The molecule has 0 bridgehead atoms. The van der Waals surface area contributed by atoms with Crippen LogP contribution in [0.15, 0.2) is 21.9 Å². The van der Waals surface area contributed by atoms with Gasteiger partial charge in [-0.25, -0.2) is 4.98 Å². The van der Waals surface area contributed by atoms with Crippen LogP contribution in [0.4, 0.5) is 5.13 Å². The smallest absolute Gasteiger partial charge is 0.233 e. The van der Waals surface area contributed by atoms with Gasteiger partial charge in [0.1, 0.15) is 11.5 Å². The van der Waals surface area contributed by atoms with Crippen molar-refractivity contribution in [2.45, 2.75) is 39.2 Å². The zero-order valence-electron chi connectivity index (χ0n) is 15.7. The lowest BCUT2D eigenvalue weighted by Gasteiger charge is -2.36. The molecule has 0 spiro atoms. The van der Waals surface area contributed by atoms with E-state index in [1.54, 1.807) is 0 Å². The van der Waals surface area contributed by atoms with Crippen molar-refractivity contribution in [2.24, 2.45) is 11.3 Å². The minimum atomic E-state index is -0.291. The van der Waals surface area contributed by atoms with Gasteiger partial charge in [0.25, 0.3) is 0 Å². The van der Waals surface area contributed by atoms with Crippen LogP contribution in [0.2, 0.25) is 0 Å². The molecule has 2 fully saturated rings. The summed E-state index contributed by atoms with van der Waals surface area (Å²) in [5, 5.41) is 11.6. The summed E-state index contributed by atoms with van der Waals surface area (Å²) in [6.45, 7) is 3.50. The van der Waals surface area contributed by atoms with Gasteiger partial charge >= 0.3 is 0 Å². The Labute approximate surface area is 174 Å². The number of nitrogens with zero attached hydrogens (tertiary/aromatic N) is 1. The fraction of sp³-hybridized carbons (Fsp3) is 0.526. The van der Waals surface area contributed by atoms with E-state index >= 15 is 0 Å². The monoisotopic (exact) mass is 424 g/mol. The highest BCUT2D eigenvalue weighted by Crippen LogP contribution is 2.44. The summed E-state index contributed by atoms with van der Waals surface area (Å²) in [6.07, 6.45) is 4.38. The second-order valence-corrected chi connectivity index (χ2v) is 8.26. The van der Waals surface area contributed by atoms with E-state index in [2.05, 4.69) is 20.9 Å². The molecule has 2 aliphatic rings. The molecule has 28 heavy (non-hydrogen) atoms. The van der Waals surface area contributed by atoms with Crippen LogP contribution < -0.4 is 16.0 Å². The van der Waals surface area contributed by atoms with Gasteiger partial charge in [-0.1, -0.05) is 12.8 Å². The van der Waals surface area contributed by atoms with E-state index in [0.29, 0.717) is 34.8 Å². The third-order valence-corrected chi connectivity index (χ3v) is 6.40. The molecule has 0 unspecified atom stereocenters. The van der Waals surface area contributed by atoms with Crippen molar-refractivity contribution >= 4 is 40.7 Å². The first-order valence-electron chi connectivity index (χ1n) is 9.38. The summed E-state index contributed by atoms with van der Waals surface area (Å²) >= 11 is 1.40. The minimum absolute atomic E-state index is 0. The molecule has 2 atom stereocenters. The molecule has 2 aromatic rings. The van der Waals surface area contributed by atoms with Gasteiger partial charge in [0.15, 0.2) is 10.9 Å². The van der Waals surface area contributed by atoms with Gasteiger partial charge in [-0.05, 0) is 37.4 Å². The van der Waals surface area contributed by atoms with E-state index in [-0.39, 0.29) is 29.6 Å². The van der Waals surface area contributed by atoms with Crippen molar-refractivity contribution in [3.8, 4) is 11.5 Å². The van der Waals surface area contributed by atoms with Gasteiger partial charge < -0.3 is 20.4 Å². The lowest BCUT2D eigenvalue weighted by atomic mass is 9.68. The zero-order chi connectivity index (χ0) is 18.9. The van der Waals surface area contributed by atoms with E-state index in [0.717, 1.165) is 32.4 Å². The van der Waals surface area contributed by atoms with Gasteiger partial charge in [-0.2, -0.15) is 0 Å². The molecule has 1 aliphatic heterocycles. The number of rotatable bonds is 5. The highest BCUT2D eigenvalue weighted by Gasteiger charge is 2.50. The summed E-state index contributed by atoms with van der Waals surface area (Å²) < 4.78 is 5.73. The molecule has 1 saturated carbocycles. The maximum Gasteiger partial charge on any atom is 0.233 e. The summed E-state index contributed by atoms with van der Waals surface area (Å²) in [5.41, 5.74) is 0.395. The Hall–Kier alpha value is -1.90. The van der Waals surface area contributed by atoms with E-state index < -0.39 is 0 Å². The average molecular weight is 425 g/mol. The van der Waals surface area contributed by atoms with Gasteiger partial charge in [0.2, 0.25) is 11.8 Å². The van der Waals surface area contributed by atoms with Crippen LogP contribution in [0.1, 0.15) is 38.4 Å². The number of furan rings is 1. The Morgan fingerprint density at radius 1 is 1.39 bits per heavy atom. The number of hydrogen-bond donors (Lipinski definition) is 3. The van der Waals surface area contributed by atoms with Crippen LogP contribution in [0.5, 0.6) is 0 Å². The predicted octanol–water partition coefficient (Wildman–Crippen LogP) is 3.18. The molecule has 2 aromatic heterocycles. The van der Waals surface area contributed by atoms with E-state index in [4.69, 9.17) is 4.42 Å². The molecular weight excluding hydrogens is 400 g/mol. The molecule has 3 heterocycles. The summed E-state index contributed by atoms with van der Waals surface area (Å²) in [7, 11) is 0. The average Bonchev–Trinajstić information content (AvgIpc) is 3.38. The Balaban J connectivity index is 0.00000225. The fourth-order valence-electron chi connectivity index (χ4n) is 4.18. The number of aromatic nitrogens is 1. The number of carbonyl (C=O) groups is 2. The van der Waals surface area contributed by atoms with Gasteiger partial charge in [0, 0.05) is 18.8 Å². The summed E-state index contributed by atoms with van der Waals surface area (Å²) in [5.74, 6) is 1.70. The van der Waals surface area contributed by atoms with Crippen molar-refractivity contribution in [1.82, 2.24) is 15.6 Å². The predicted molar refractivity (Wildman–Crippen MR) is 110 cm³/mol. The van der Waals surface area contributed by atoms with Gasteiger partial charge in [0.05, 0.1) is 12.0 Å². The molecule has 3 N–H and O–H groups in total. The largest absolute Gasteiger partial charge is 0.458 e. The third kappa shape index (κ3) is 4.09. The lowest BCUT2D eigenvalue weighted by molar-refractivity contribution is -0.128. The highest BCUT2D eigenvalue weighted by atomic mass is 35.5. The lowest BCUT2D eigenvalue weighted by Crippen LogP contribution is -2.44. The Kier molecular flexibility index (Phi) is 6.42. The highest BCUT2D eigenvalue weighted by molar-refractivity contribution is 7.14. The van der Waals surface area contributed by atoms with Crippen LogP contribution >= 0.6 is 23.7 Å². The maximum atomic E-state index is 13.0. The SMILES string of the molecule is CC(=O)NCc1ccc(-c2csc(NC(=O)[C@@]34CCCC[C@H]3CNC4)n2)o1.Cl. The van der Waals surface area contributed by atoms with E-state index in [1.165, 1.54) is 24.7 Å². The molecule has 2 amide bonds. The molecule has 0 radical (unpaired) electrons. The molecule has 7 nitrogen and oxygen atoms in total. The third-order valence-electron chi connectivity index (χ3n) is 5.64. The quantitative estimate of drug-likeness (QED) is 0.685. The molecule has 9 heteroatoms. The first-order valence-corrected chi connectivity index (χ1v) is 10.3. The number of thiazole rings is 1. The maximum absolute atomic E-state index is 13.0. The van der Waals surface area contributed by atoms with Crippen LogP contribution in [-0.4, -0.2) is 29.9 Å². The normalized spacial score (nSPS) is 23.5. The molecule has 4 rings (SSSR count). The number of amides is 2. The summed E-state index contributed by atoms with van der Waals surface area (Å²) in [4.78, 5) is 28.5. The van der Waals surface area contributed by atoms with Gasteiger partial charge in [-0.15, -0.1) is 23.7 Å². The van der Waals surface area contributed by atoms with E-state index in [1.807, 2.05) is 17.5 Å². The number of anilines is 1. The molecule has 1 saturated heterocycles. The Morgan fingerprint density at radius 2 is 2.25 bits per heavy atom. The van der Waals surface area contributed by atoms with E-state index in [9.17, 15) is 9.59 Å². The van der Waals surface area contributed by atoms with Crippen LogP contribution in [0.25, 0.3) is 11.5 Å². The van der Waals surface area contributed by atoms with Crippen LogP contribution in [0.3, 0.4) is 0 Å². The van der Waals surface area contributed by atoms with Crippen LogP contribution in [-0.2, 0) is 16.1 Å². The van der Waals surface area contributed by atoms with Crippen molar-refractivity contribution in [3.05, 3.63) is 23.3 Å². The first kappa shape index (κ1) is 20.8. The second-order valence-electron chi connectivity index (χ2n) is 7.40. The second kappa shape index (κ2) is 8.63. The Morgan fingerprint density at radius 3 is 3.07 bits per heavy atom. The number of fused-ring (bicyclic) bond motifs is 1. The molecule has 1 aliphatic carbocycles. The van der Waals surface area contributed by atoms with Gasteiger partial charge in [-0.3, -0.25) is 9.59 Å². The minimum Gasteiger partial charge on any atom is -0.458 e. The first-order chi connectivity index (χ1) is 13.1. The molecular formula is C19H25ClN4O3S. The standard InChI is InChI=1S/C19H24N4O3S.ClH/c1-12(24)21-9-14-5-6-16(26-14)15-10-27-18(22-15)23-17(25)19-7-3-2-4-13(19)8-20-11-19;/h5-6,10,13,20H,2-4,7-9,11H2,1H3,(H,21,24)(H,22,23,25);1H/t13-,19+;/m0./s1. The summed E-state index contributed by atoms with van der Waals surface area (Å²) in [6, 6.07) is 3.65. The van der Waals surface area contributed by atoms with Crippen molar-refractivity contribution in [3.63, 3.8) is 0 Å². The zero-order valence-corrected chi connectivity index (χ0v) is 17.4. The number of hydrogen-bond acceptors (Lipinski definition) is 6. The fourth-order valence-corrected chi connectivity index (χ4v) is 4.87. The van der Waals surface area contributed by atoms with Crippen molar-refractivity contribution < 1.29 is 14.0 Å². The number of carbonyl (C=O) groups excluding carboxylic acids is 2. The number of halogens is 1. The molecule has 152 valence electrons. The topological polar surface area (TPSA) is 96.3 Å². The van der Waals surface area contributed by atoms with Crippen molar-refractivity contribution in [1.29, 1.82) is 0 Å². The van der Waals surface area contributed by atoms with Crippen LogP contribution in [0, 0.1) is 11.3 Å². The number of nitrogens with one attached hydrogen (secondary N) is 3. The Bertz CT molecular complexity index is 852. The van der Waals surface area contributed by atoms with Crippen molar-refractivity contribution in [2.75, 3.05) is 18.4 Å². The molecule has 0 aromatic carbocycles.